The summed E-state index contributed by atoms with van der Waals surface area (Å²) in [6.45, 7) is 4.99. The van der Waals surface area contributed by atoms with Gasteiger partial charge in [0, 0.05) is 25.6 Å². The summed E-state index contributed by atoms with van der Waals surface area (Å²) in [5.41, 5.74) is 0.921. The number of rotatable bonds is 4. The van der Waals surface area contributed by atoms with Crippen LogP contribution in [0.3, 0.4) is 0 Å². The maximum atomic E-state index is 12.3. The summed E-state index contributed by atoms with van der Waals surface area (Å²) in [6.07, 6.45) is 1.03. The van der Waals surface area contributed by atoms with Crippen LogP contribution in [-0.4, -0.2) is 42.2 Å². The lowest BCUT2D eigenvalue weighted by molar-refractivity contribution is 0.171. The average molecular weight is 305 g/mol. The molecule has 1 aromatic carbocycles. The number of fused-ring (bicyclic) bond motifs is 1. The third-order valence-electron chi connectivity index (χ3n) is 3.68. The zero-order valence-electron chi connectivity index (χ0n) is 12.0. The van der Waals surface area contributed by atoms with Crippen LogP contribution in [0.5, 0.6) is 0 Å². The number of thiazole rings is 1. The lowest BCUT2D eigenvalue weighted by atomic mass is 10.1. The zero-order valence-corrected chi connectivity index (χ0v) is 12.9. The Morgan fingerprint density at radius 2 is 2.38 bits per heavy atom. The summed E-state index contributed by atoms with van der Waals surface area (Å²) in [5.74, 6) is 0.450. The number of carbonyl (C=O) groups excluding carboxylic acids is 1. The van der Waals surface area contributed by atoms with Crippen molar-refractivity contribution >= 4 is 32.7 Å². The van der Waals surface area contributed by atoms with Gasteiger partial charge in [-0.1, -0.05) is 23.5 Å². The van der Waals surface area contributed by atoms with Gasteiger partial charge in [0.25, 0.3) is 0 Å². The van der Waals surface area contributed by atoms with E-state index in [4.69, 9.17) is 4.74 Å². The molecule has 0 radical (unpaired) electrons. The van der Waals surface area contributed by atoms with Crippen molar-refractivity contribution in [2.75, 3.05) is 31.6 Å². The number of nitrogens with zero attached hydrogens (tertiary/aromatic N) is 2. The van der Waals surface area contributed by atoms with Gasteiger partial charge in [0.05, 0.1) is 16.8 Å². The Bertz CT molecular complexity index is 589. The monoisotopic (exact) mass is 305 g/mol. The molecule has 0 spiro atoms. The number of hydrogen-bond donors (Lipinski definition) is 1. The van der Waals surface area contributed by atoms with Crippen molar-refractivity contribution in [3.8, 4) is 0 Å². The molecule has 2 heterocycles. The highest BCUT2D eigenvalue weighted by Gasteiger charge is 2.22. The molecule has 0 aliphatic carbocycles. The number of benzene rings is 1. The molecule has 112 valence electrons. The van der Waals surface area contributed by atoms with Gasteiger partial charge in [-0.3, -0.25) is 5.32 Å². The predicted molar refractivity (Wildman–Crippen MR) is 84.8 cm³/mol. The summed E-state index contributed by atoms with van der Waals surface area (Å²) in [7, 11) is 0. The van der Waals surface area contributed by atoms with Crippen molar-refractivity contribution in [1.82, 2.24) is 9.88 Å². The van der Waals surface area contributed by atoms with Crippen molar-refractivity contribution in [3.05, 3.63) is 24.3 Å². The normalized spacial score (nSPS) is 18.0. The maximum Gasteiger partial charge on any atom is 0.323 e. The smallest absolute Gasteiger partial charge is 0.323 e. The molecular weight excluding hydrogens is 286 g/mol. The van der Waals surface area contributed by atoms with E-state index in [1.807, 2.05) is 36.1 Å². The van der Waals surface area contributed by atoms with Crippen molar-refractivity contribution in [1.29, 1.82) is 0 Å². The van der Waals surface area contributed by atoms with Crippen LogP contribution in [0.25, 0.3) is 10.2 Å². The summed E-state index contributed by atoms with van der Waals surface area (Å²) >= 11 is 1.50. The fourth-order valence-corrected chi connectivity index (χ4v) is 3.35. The molecule has 1 saturated heterocycles. The van der Waals surface area contributed by atoms with Crippen LogP contribution in [0, 0.1) is 5.92 Å². The van der Waals surface area contributed by atoms with Crippen molar-refractivity contribution < 1.29 is 9.53 Å². The van der Waals surface area contributed by atoms with Gasteiger partial charge in [-0.25, -0.2) is 9.78 Å². The van der Waals surface area contributed by atoms with Crippen LogP contribution in [0.15, 0.2) is 24.3 Å². The van der Waals surface area contributed by atoms with E-state index in [1.54, 1.807) is 0 Å². The number of anilines is 1. The first-order valence-electron chi connectivity index (χ1n) is 7.25. The van der Waals surface area contributed by atoms with Gasteiger partial charge in [-0.15, -0.1) is 0 Å². The molecule has 1 atom stereocenters. The minimum Gasteiger partial charge on any atom is -0.381 e. The van der Waals surface area contributed by atoms with E-state index in [9.17, 15) is 4.79 Å². The van der Waals surface area contributed by atoms with Gasteiger partial charge < -0.3 is 9.64 Å². The Kier molecular flexibility index (Phi) is 4.36. The van der Waals surface area contributed by atoms with Crippen molar-refractivity contribution in [2.45, 2.75) is 13.3 Å². The minimum atomic E-state index is -0.0801. The van der Waals surface area contributed by atoms with Crippen LogP contribution in [0.4, 0.5) is 9.93 Å². The number of carbonyl (C=O) groups is 1. The summed E-state index contributed by atoms with van der Waals surface area (Å²) in [5, 5.41) is 3.56. The van der Waals surface area contributed by atoms with Crippen LogP contribution >= 0.6 is 11.3 Å². The number of ether oxygens (including phenoxy) is 1. The number of amides is 2. The molecule has 5 nitrogen and oxygen atoms in total. The molecular formula is C15H19N3O2S. The van der Waals surface area contributed by atoms with E-state index in [-0.39, 0.29) is 6.03 Å². The summed E-state index contributed by atoms with van der Waals surface area (Å²) < 4.78 is 6.46. The molecule has 21 heavy (non-hydrogen) atoms. The molecule has 2 aromatic rings. The lowest BCUT2D eigenvalue weighted by Crippen LogP contribution is -2.38. The molecule has 3 rings (SSSR count). The fraction of sp³-hybridized carbons (Fsp3) is 0.467. The van der Waals surface area contributed by atoms with Gasteiger partial charge in [-0.2, -0.15) is 0 Å². The van der Waals surface area contributed by atoms with Crippen LogP contribution in [0.1, 0.15) is 13.3 Å². The van der Waals surface area contributed by atoms with Gasteiger partial charge >= 0.3 is 6.03 Å². The molecule has 0 saturated carbocycles. The van der Waals surface area contributed by atoms with E-state index in [0.717, 1.165) is 36.4 Å². The molecule has 1 fully saturated rings. The van der Waals surface area contributed by atoms with E-state index >= 15 is 0 Å². The van der Waals surface area contributed by atoms with E-state index < -0.39 is 0 Å². The first kappa shape index (κ1) is 14.3. The number of nitrogens with one attached hydrogen (secondary N) is 1. The Labute approximate surface area is 127 Å². The van der Waals surface area contributed by atoms with Crippen molar-refractivity contribution in [2.24, 2.45) is 5.92 Å². The first-order valence-corrected chi connectivity index (χ1v) is 8.07. The molecule has 1 aliphatic rings. The highest BCUT2D eigenvalue weighted by molar-refractivity contribution is 7.22. The maximum absolute atomic E-state index is 12.3. The lowest BCUT2D eigenvalue weighted by Gasteiger charge is -2.23. The molecule has 1 N–H and O–H groups in total. The van der Waals surface area contributed by atoms with Crippen LogP contribution in [-0.2, 0) is 4.74 Å². The van der Waals surface area contributed by atoms with Crippen LogP contribution < -0.4 is 5.32 Å². The molecule has 6 heteroatoms. The minimum absolute atomic E-state index is 0.0801. The quantitative estimate of drug-likeness (QED) is 0.944. The summed E-state index contributed by atoms with van der Waals surface area (Å²) in [4.78, 5) is 18.6. The van der Waals surface area contributed by atoms with Gasteiger partial charge in [0.1, 0.15) is 0 Å². The largest absolute Gasteiger partial charge is 0.381 e. The number of para-hydroxylation sites is 1. The second-order valence-corrected chi connectivity index (χ2v) is 6.22. The zero-order chi connectivity index (χ0) is 14.7. The van der Waals surface area contributed by atoms with Gasteiger partial charge in [0.15, 0.2) is 5.13 Å². The summed E-state index contributed by atoms with van der Waals surface area (Å²) in [6, 6.07) is 7.81. The Hall–Kier alpha value is -1.66. The predicted octanol–water partition coefficient (Wildman–Crippen LogP) is 3.19. The van der Waals surface area contributed by atoms with Crippen LogP contribution in [0.2, 0.25) is 0 Å². The van der Waals surface area contributed by atoms with Gasteiger partial charge in [0.2, 0.25) is 0 Å². The fourth-order valence-electron chi connectivity index (χ4n) is 2.49. The van der Waals surface area contributed by atoms with Crippen molar-refractivity contribution in [3.63, 3.8) is 0 Å². The van der Waals surface area contributed by atoms with E-state index in [1.165, 1.54) is 11.3 Å². The average Bonchev–Trinajstić information content (AvgIpc) is 3.13. The number of hydrogen-bond acceptors (Lipinski definition) is 4. The topological polar surface area (TPSA) is 54.5 Å². The van der Waals surface area contributed by atoms with E-state index in [0.29, 0.717) is 17.6 Å². The second-order valence-electron chi connectivity index (χ2n) is 5.19. The molecule has 1 unspecified atom stereocenters. The van der Waals surface area contributed by atoms with Gasteiger partial charge in [-0.05, 0) is 25.5 Å². The molecule has 2 amide bonds. The van der Waals surface area contributed by atoms with E-state index in [2.05, 4.69) is 10.3 Å². The molecule has 1 aromatic heterocycles. The number of aromatic nitrogens is 1. The molecule has 0 bridgehead atoms. The Balaban J connectivity index is 1.65. The SMILES string of the molecule is CCN(CC1CCOC1)C(=O)Nc1nc2ccccc2s1. The number of urea groups is 1. The second kappa shape index (κ2) is 6.41. The third kappa shape index (κ3) is 3.33. The Morgan fingerprint density at radius 1 is 1.52 bits per heavy atom. The highest BCUT2D eigenvalue weighted by Crippen LogP contribution is 2.25. The first-order chi connectivity index (χ1) is 10.3. The third-order valence-corrected chi connectivity index (χ3v) is 4.63. The highest BCUT2D eigenvalue weighted by atomic mass is 32.1. The molecule has 1 aliphatic heterocycles. The Morgan fingerprint density at radius 3 is 3.10 bits per heavy atom. The standard InChI is InChI=1S/C15H19N3O2S/c1-2-18(9-11-7-8-20-10-11)15(19)17-14-16-12-5-3-4-6-13(12)21-14/h3-6,11H,2,7-10H2,1H3,(H,16,17,19).